The highest BCUT2D eigenvalue weighted by atomic mass is 32.2. The van der Waals surface area contributed by atoms with E-state index in [1.165, 1.54) is 12.1 Å². The van der Waals surface area contributed by atoms with Crippen molar-refractivity contribution in [2.45, 2.75) is 17.7 Å². The van der Waals surface area contributed by atoms with Crippen LogP contribution in [0.15, 0.2) is 40.6 Å². The SMILES string of the molecule is Cc1cccc(CNS(=O)(=O)c2ccc(C(=O)O)s2)c1. The highest BCUT2D eigenvalue weighted by molar-refractivity contribution is 7.91. The van der Waals surface area contributed by atoms with Crippen LogP contribution in [0.25, 0.3) is 0 Å². The molecule has 1 aromatic heterocycles. The molecule has 0 radical (unpaired) electrons. The minimum atomic E-state index is -3.68. The van der Waals surface area contributed by atoms with Gasteiger partial charge >= 0.3 is 5.97 Å². The van der Waals surface area contributed by atoms with Gasteiger partial charge in [0.05, 0.1) is 0 Å². The molecule has 0 aliphatic heterocycles. The molecule has 20 heavy (non-hydrogen) atoms. The van der Waals surface area contributed by atoms with E-state index >= 15 is 0 Å². The summed E-state index contributed by atoms with van der Waals surface area (Å²) in [7, 11) is -3.68. The highest BCUT2D eigenvalue weighted by Gasteiger charge is 2.18. The number of sulfonamides is 1. The molecule has 0 saturated carbocycles. The Kier molecular flexibility index (Phi) is 4.22. The molecule has 1 aromatic carbocycles. The molecule has 0 bridgehead atoms. The van der Waals surface area contributed by atoms with Crippen molar-refractivity contribution >= 4 is 27.3 Å². The average molecular weight is 311 g/mol. The Morgan fingerprint density at radius 3 is 2.65 bits per heavy atom. The number of rotatable bonds is 5. The standard InChI is InChI=1S/C13H13NO4S2/c1-9-3-2-4-10(7-9)8-14-20(17,18)12-6-5-11(19-12)13(15)16/h2-7,14H,8H2,1H3,(H,15,16). The number of carboxylic acids is 1. The predicted molar refractivity (Wildman–Crippen MR) is 76.5 cm³/mol. The Morgan fingerprint density at radius 2 is 2.05 bits per heavy atom. The second-order valence-electron chi connectivity index (χ2n) is 4.24. The third-order valence-corrected chi connectivity index (χ3v) is 5.57. The maximum absolute atomic E-state index is 12.0. The summed E-state index contributed by atoms with van der Waals surface area (Å²) in [4.78, 5) is 10.8. The molecule has 2 aromatic rings. The summed E-state index contributed by atoms with van der Waals surface area (Å²) < 4.78 is 26.5. The van der Waals surface area contributed by atoms with E-state index in [-0.39, 0.29) is 15.6 Å². The average Bonchev–Trinajstić information content (AvgIpc) is 2.87. The quantitative estimate of drug-likeness (QED) is 0.887. The first-order valence-corrected chi connectivity index (χ1v) is 8.07. The smallest absolute Gasteiger partial charge is 0.345 e. The summed E-state index contributed by atoms with van der Waals surface area (Å²) in [6.07, 6.45) is 0. The van der Waals surface area contributed by atoms with Crippen LogP contribution < -0.4 is 4.72 Å². The van der Waals surface area contributed by atoms with Crippen LogP contribution in [0.4, 0.5) is 0 Å². The van der Waals surface area contributed by atoms with Crippen molar-refractivity contribution in [2.24, 2.45) is 0 Å². The van der Waals surface area contributed by atoms with Crippen LogP contribution in [0.1, 0.15) is 20.8 Å². The van der Waals surface area contributed by atoms with Crippen LogP contribution in [0.5, 0.6) is 0 Å². The van der Waals surface area contributed by atoms with Gasteiger partial charge in [-0.25, -0.2) is 17.9 Å². The largest absolute Gasteiger partial charge is 0.477 e. The molecule has 2 rings (SSSR count). The summed E-state index contributed by atoms with van der Waals surface area (Å²) in [6, 6.07) is 10.1. The topological polar surface area (TPSA) is 83.5 Å². The van der Waals surface area contributed by atoms with Crippen LogP contribution in [-0.2, 0) is 16.6 Å². The molecule has 0 atom stereocenters. The molecule has 0 unspecified atom stereocenters. The normalized spacial score (nSPS) is 11.4. The van der Waals surface area contributed by atoms with Gasteiger partial charge in [-0.1, -0.05) is 29.8 Å². The minimum absolute atomic E-state index is 0.000862. The fourth-order valence-corrected chi connectivity index (χ4v) is 3.86. The second-order valence-corrected chi connectivity index (χ2v) is 7.32. The molecular formula is C13H13NO4S2. The Balaban J connectivity index is 2.12. The molecule has 1 heterocycles. The van der Waals surface area contributed by atoms with Crippen LogP contribution in [0.2, 0.25) is 0 Å². The van der Waals surface area contributed by atoms with Crippen LogP contribution in [0.3, 0.4) is 0 Å². The zero-order chi connectivity index (χ0) is 14.8. The van der Waals surface area contributed by atoms with Gasteiger partial charge in [0.25, 0.3) is 0 Å². The van der Waals surface area contributed by atoms with E-state index in [1.807, 2.05) is 31.2 Å². The maximum Gasteiger partial charge on any atom is 0.345 e. The van der Waals surface area contributed by atoms with Gasteiger partial charge in [-0.2, -0.15) is 0 Å². The van der Waals surface area contributed by atoms with E-state index in [0.29, 0.717) is 0 Å². The first kappa shape index (κ1) is 14.7. The van der Waals surface area contributed by atoms with E-state index in [4.69, 9.17) is 5.11 Å². The maximum atomic E-state index is 12.0. The van der Waals surface area contributed by atoms with E-state index in [2.05, 4.69) is 4.72 Å². The van der Waals surface area contributed by atoms with Gasteiger partial charge in [-0.05, 0) is 24.6 Å². The number of aromatic carboxylic acids is 1. The second kappa shape index (κ2) is 5.74. The van der Waals surface area contributed by atoms with Gasteiger partial charge < -0.3 is 5.11 Å². The Hall–Kier alpha value is -1.70. The molecular weight excluding hydrogens is 298 g/mol. The minimum Gasteiger partial charge on any atom is -0.477 e. The van der Waals surface area contributed by atoms with Gasteiger partial charge in [-0.15, -0.1) is 11.3 Å². The number of hydrogen-bond acceptors (Lipinski definition) is 4. The third-order valence-electron chi connectivity index (χ3n) is 2.61. The van der Waals surface area contributed by atoms with Crippen molar-refractivity contribution < 1.29 is 18.3 Å². The summed E-state index contributed by atoms with van der Waals surface area (Å²) in [5.74, 6) is -1.13. The van der Waals surface area contributed by atoms with Gasteiger partial charge in [0.1, 0.15) is 9.09 Å². The van der Waals surface area contributed by atoms with E-state index in [9.17, 15) is 13.2 Å². The lowest BCUT2D eigenvalue weighted by atomic mass is 10.1. The molecule has 0 aliphatic carbocycles. The molecule has 5 nitrogen and oxygen atoms in total. The fraction of sp³-hybridized carbons (Fsp3) is 0.154. The number of hydrogen-bond donors (Lipinski definition) is 2. The highest BCUT2D eigenvalue weighted by Crippen LogP contribution is 2.21. The summed E-state index contributed by atoms with van der Waals surface area (Å²) in [6.45, 7) is 2.10. The van der Waals surface area contributed by atoms with Gasteiger partial charge in [0, 0.05) is 6.54 Å². The number of nitrogens with one attached hydrogen (secondary N) is 1. The van der Waals surface area contributed by atoms with Crippen LogP contribution in [0, 0.1) is 6.92 Å². The lowest BCUT2D eigenvalue weighted by molar-refractivity contribution is 0.0702. The van der Waals surface area contributed by atoms with E-state index < -0.39 is 16.0 Å². The zero-order valence-electron chi connectivity index (χ0n) is 10.7. The first-order chi connectivity index (χ1) is 9.38. The van der Waals surface area contributed by atoms with Crippen molar-refractivity contribution in [1.29, 1.82) is 0 Å². The first-order valence-electron chi connectivity index (χ1n) is 5.77. The fourth-order valence-electron chi connectivity index (χ4n) is 1.65. The molecule has 2 N–H and O–H groups in total. The summed E-state index contributed by atoms with van der Waals surface area (Å²) >= 11 is 0.736. The van der Waals surface area contributed by atoms with Crippen molar-refractivity contribution in [3.05, 3.63) is 52.4 Å². The number of carbonyl (C=O) groups is 1. The van der Waals surface area contributed by atoms with Gasteiger partial charge in [0.15, 0.2) is 0 Å². The van der Waals surface area contributed by atoms with Crippen molar-refractivity contribution in [3.63, 3.8) is 0 Å². The van der Waals surface area contributed by atoms with Crippen molar-refractivity contribution in [3.8, 4) is 0 Å². The number of carboxylic acid groups (broad SMARTS) is 1. The molecule has 0 saturated heterocycles. The van der Waals surface area contributed by atoms with Gasteiger partial charge in [-0.3, -0.25) is 0 Å². The summed E-state index contributed by atoms with van der Waals surface area (Å²) in [5.41, 5.74) is 1.90. The summed E-state index contributed by atoms with van der Waals surface area (Å²) in [5, 5.41) is 8.80. The zero-order valence-corrected chi connectivity index (χ0v) is 12.3. The number of benzene rings is 1. The predicted octanol–water partition coefficient (Wildman–Crippen LogP) is 2.23. The van der Waals surface area contributed by atoms with Gasteiger partial charge in [0.2, 0.25) is 10.0 Å². The molecule has 0 spiro atoms. The lowest BCUT2D eigenvalue weighted by Crippen LogP contribution is -2.22. The molecule has 7 heteroatoms. The number of thiophene rings is 1. The molecule has 0 aliphatic rings. The Morgan fingerprint density at radius 1 is 1.30 bits per heavy atom. The molecule has 0 amide bonds. The van der Waals surface area contributed by atoms with Crippen LogP contribution >= 0.6 is 11.3 Å². The van der Waals surface area contributed by atoms with E-state index in [1.54, 1.807) is 0 Å². The molecule has 0 fully saturated rings. The Labute approximate surface area is 120 Å². The van der Waals surface area contributed by atoms with Crippen molar-refractivity contribution in [2.75, 3.05) is 0 Å². The monoisotopic (exact) mass is 311 g/mol. The third kappa shape index (κ3) is 3.44. The molecule has 106 valence electrons. The van der Waals surface area contributed by atoms with E-state index in [0.717, 1.165) is 22.5 Å². The van der Waals surface area contributed by atoms with Crippen molar-refractivity contribution in [1.82, 2.24) is 4.72 Å². The number of aryl methyl sites for hydroxylation is 1. The lowest BCUT2D eigenvalue weighted by Gasteiger charge is -2.05. The Bertz CT molecular complexity index is 734. The van der Waals surface area contributed by atoms with Crippen LogP contribution in [-0.4, -0.2) is 19.5 Å².